The normalized spacial score (nSPS) is 12.5. The van der Waals surface area contributed by atoms with Crippen molar-refractivity contribution in [1.29, 1.82) is 0 Å². The van der Waals surface area contributed by atoms with Crippen LogP contribution < -0.4 is 4.74 Å². The maximum Gasteiger partial charge on any atom is 0.119 e. The van der Waals surface area contributed by atoms with Crippen molar-refractivity contribution >= 4 is 15.9 Å². The van der Waals surface area contributed by atoms with Gasteiger partial charge in [-0.15, -0.1) is 0 Å². The molecule has 1 unspecified atom stereocenters. The molecule has 0 saturated heterocycles. The van der Waals surface area contributed by atoms with Crippen LogP contribution in [-0.4, -0.2) is 6.10 Å². The van der Waals surface area contributed by atoms with E-state index in [0.29, 0.717) is 0 Å². The molecule has 19 heavy (non-hydrogen) atoms. The SMILES string of the molecule is Cc1ccc(C(Br)c2ccc(OC(C)C)cc2)cc1. The van der Waals surface area contributed by atoms with E-state index in [2.05, 4.69) is 59.3 Å². The lowest BCUT2D eigenvalue weighted by Gasteiger charge is -2.13. The molecule has 1 nitrogen and oxygen atoms in total. The Morgan fingerprint density at radius 3 is 1.79 bits per heavy atom. The van der Waals surface area contributed by atoms with Gasteiger partial charge in [0.2, 0.25) is 0 Å². The minimum atomic E-state index is 0.211. The fourth-order valence-electron chi connectivity index (χ4n) is 1.92. The quantitative estimate of drug-likeness (QED) is 0.698. The van der Waals surface area contributed by atoms with Crippen LogP contribution in [0.15, 0.2) is 48.5 Å². The molecule has 2 heteroatoms. The van der Waals surface area contributed by atoms with E-state index in [9.17, 15) is 0 Å². The summed E-state index contributed by atoms with van der Waals surface area (Å²) in [6.45, 7) is 6.17. The molecule has 0 spiro atoms. The van der Waals surface area contributed by atoms with Crippen LogP contribution in [0.5, 0.6) is 5.75 Å². The lowest BCUT2D eigenvalue weighted by Crippen LogP contribution is -2.05. The van der Waals surface area contributed by atoms with Gasteiger partial charge in [0.25, 0.3) is 0 Å². The third-order valence-corrected chi connectivity index (χ3v) is 3.97. The summed E-state index contributed by atoms with van der Waals surface area (Å²) < 4.78 is 5.66. The highest BCUT2D eigenvalue weighted by Crippen LogP contribution is 2.31. The van der Waals surface area contributed by atoms with Crippen molar-refractivity contribution in [3.05, 3.63) is 65.2 Å². The fraction of sp³-hybridized carbons (Fsp3) is 0.294. The topological polar surface area (TPSA) is 9.23 Å². The predicted molar refractivity (Wildman–Crippen MR) is 84.2 cm³/mol. The number of halogens is 1. The molecule has 0 aliphatic heterocycles. The molecule has 100 valence electrons. The zero-order valence-electron chi connectivity index (χ0n) is 11.6. The molecular formula is C17H19BrO. The first kappa shape index (κ1) is 14.1. The van der Waals surface area contributed by atoms with E-state index >= 15 is 0 Å². The smallest absolute Gasteiger partial charge is 0.119 e. The summed E-state index contributed by atoms with van der Waals surface area (Å²) in [5.41, 5.74) is 3.78. The van der Waals surface area contributed by atoms with Gasteiger partial charge in [-0.2, -0.15) is 0 Å². The van der Waals surface area contributed by atoms with Crippen LogP contribution in [0.1, 0.15) is 35.4 Å². The number of rotatable bonds is 4. The number of aryl methyl sites for hydroxylation is 1. The second-order valence-corrected chi connectivity index (χ2v) is 5.92. The summed E-state index contributed by atoms with van der Waals surface area (Å²) in [6.07, 6.45) is 0.211. The zero-order valence-corrected chi connectivity index (χ0v) is 13.1. The van der Waals surface area contributed by atoms with Gasteiger partial charge >= 0.3 is 0 Å². The minimum Gasteiger partial charge on any atom is -0.491 e. The van der Waals surface area contributed by atoms with Crippen molar-refractivity contribution in [3.8, 4) is 5.75 Å². The number of hydrogen-bond donors (Lipinski definition) is 0. The summed E-state index contributed by atoms with van der Waals surface area (Å²) in [4.78, 5) is 0.223. The average molecular weight is 319 g/mol. The Labute approximate surface area is 123 Å². The molecule has 0 aliphatic carbocycles. The molecule has 2 rings (SSSR count). The van der Waals surface area contributed by atoms with Crippen molar-refractivity contribution < 1.29 is 4.74 Å². The Hall–Kier alpha value is -1.28. The highest BCUT2D eigenvalue weighted by molar-refractivity contribution is 9.09. The van der Waals surface area contributed by atoms with E-state index in [0.717, 1.165) is 5.75 Å². The fourth-order valence-corrected chi connectivity index (χ4v) is 2.53. The van der Waals surface area contributed by atoms with Crippen molar-refractivity contribution in [1.82, 2.24) is 0 Å². The largest absolute Gasteiger partial charge is 0.491 e. The second-order valence-electron chi connectivity index (χ2n) is 5.01. The van der Waals surface area contributed by atoms with Crippen molar-refractivity contribution in [2.24, 2.45) is 0 Å². The third-order valence-electron chi connectivity index (χ3n) is 2.91. The molecular weight excluding hydrogens is 300 g/mol. The van der Waals surface area contributed by atoms with Gasteiger partial charge in [-0.1, -0.05) is 57.9 Å². The van der Waals surface area contributed by atoms with E-state index in [1.54, 1.807) is 0 Å². The molecule has 2 aromatic carbocycles. The van der Waals surface area contributed by atoms with E-state index < -0.39 is 0 Å². The maximum absolute atomic E-state index is 5.66. The summed E-state index contributed by atoms with van der Waals surface area (Å²) in [5.74, 6) is 0.919. The highest BCUT2D eigenvalue weighted by atomic mass is 79.9. The highest BCUT2D eigenvalue weighted by Gasteiger charge is 2.10. The lowest BCUT2D eigenvalue weighted by molar-refractivity contribution is 0.242. The van der Waals surface area contributed by atoms with Gasteiger partial charge in [-0.3, -0.25) is 0 Å². The maximum atomic E-state index is 5.66. The Kier molecular flexibility index (Phi) is 4.65. The molecule has 0 aliphatic rings. The average Bonchev–Trinajstić information content (AvgIpc) is 2.39. The Morgan fingerprint density at radius 1 is 0.842 bits per heavy atom. The molecule has 0 amide bonds. The van der Waals surface area contributed by atoms with Crippen LogP contribution in [0.25, 0.3) is 0 Å². The predicted octanol–water partition coefficient (Wildman–Crippen LogP) is 5.27. The van der Waals surface area contributed by atoms with E-state index in [1.165, 1.54) is 16.7 Å². The van der Waals surface area contributed by atoms with Crippen LogP contribution in [0.2, 0.25) is 0 Å². The molecule has 0 saturated carbocycles. The van der Waals surface area contributed by atoms with Crippen LogP contribution in [0, 0.1) is 6.92 Å². The Bertz CT molecular complexity index is 514. The zero-order chi connectivity index (χ0) is 13.8. The Morgan fingerprint density at radius 2 is 1.32 bits per heavy atom. The molecule has 0 bridgehead atoms. The second kappa shape index (κ2) is 6.25. The van der Waals surface area contributed by atoms with Crippen LogP contribution in [0.3, 0.4) is 0 Å². The summed E-state index contributed by atoms with van der Waals surface area (Å²) in [5, 5.41) is 0. The third kappa shape index (κ3) is 3.84. The molecule has 0 N–H and O–H groups in total. The summed E-state index contributed by atoms with van der Waals surface area (Å²) >= 11 is 3.75. The summed E-state index contributed by atoms with van der Waals surface area (Å²) in [7, 11) is 0. The van der Waals surface area contributed by atoms with Crippen LogP contribution >= 0.6 is 15.9 Å². The van der Waals surface area contributed by atoms with Gasteiger partial charge in [0, 0.05) is 0 Å². The standard InChI is InChI=1S/C17H19BrO/c1-12(2)19-16-10-8-15(9-11-16)17(18)14-6-4-13(3)5-7-14/h4-12,17H,1-3H3. The number of alkyl halides is 1. The van der Waals surface area contributed by atoms with E-state index in [1.807, 2.05) is 26.0 Å². The van der Waals surface area contributed by atoms with Crippen molar-refractivity contribution in [3.63, 3.8) is 0 Å². The molecule has 0 fully saturated rings. The minimum absolute atomic E-state index is 0.211. The van der Waals surface area contributed by atoms with Gasteiger partial charge in [0.1, 0.15) is 5.75 Å². The molecule has 0 radical (unpaired) electrons. The molecule has 1 atom stereocenters. The monoisotopic (exact) mass is 318 g/mol. The van der Waals surface area contributed by atoms with Crippen LogP contribution in [-0.2, 0) is 0 Å². The van der Waals surface area contributed by atoms with Gasteiger partial charge in [-0.25, -0.2) is 0 Å². The molecule has 2 aromatic rings. The van der Waals surface area contributed by atoms with E-state index in [-0.39, 0.29) is 10.9 Å². The summed E-state index contributed by atoms with van der Waals surface area (Å²) in [6, 6.07) is 16.9. The van der Waals surface area contributed by atoms with Gasteiger partial charge in [0.15, 0.2) is 0 Å². The first-order valence-corrected chi connectivity index (χ1v) is 7.45. The molecule has 0 aromatic heterocycles. The van der Waals surface area contributed by atoms with Crippen molar-refractivity contribution in [2.75, 3.05) is 0 Å². The Balaban J connectivity index is 2.15. The van der Waals surface area contributed by atoms with E-state index in [4.69, 9.17) is 4.74 Å². The lowest BCUT2D eigenvalue weighted by atomic mass is 10.0. The molecule has 0 heterocycles. The number of benzene rings is 2. The van der Waals surface area contributed by atoms with Gasteiger partial charge in [-0.05, 0) is 44.0 Å². The van der Waals surface area contributed by atoms with Gasteiger partial charge < -0.3 is 4.74 Å². The van der Waals surface area contributed by atoms with Gasteiger partial charge in [0.05, 0.1) is 10.9 Å². The van der Waals surface area contributed by atoms with Crippen LogP contribution in [0.4, 0.5) is 0 Å². The first-order chi connectivity index (χ1) is 9.06. The first-order valence-electron chi connectivity index (χ1n) is 6.53. The van der Waals surface area contributed by atoms with Crippen molar-refractivity contribution in [2.45, 2.75) is 31.7 Å². The number of ether oxygens (including phenoxy) is 1. The number of hydrogen-bond acceptors (Lipinski definition) is 1.